The van der Waals surface area contributed by atoms with Gasteiger partial charge in [-0.25, -0.2) is 4.79 Å². The Kier molecular flexibility index (Phi) is 3.14. The largest absolute Gasteiger partial charge is 0.477 e. The molecule has 19 heavy (non-hydrogen) atoms. The second-order valence-electron chi connectivity index (χ2n) is 5.40. The maximum absolute atomic E-state index is 12.4. The number of H-pyrrole nitrogens is 1. The van der Waals surface area contributed by atoms with E-state index in [-0.39, 0.29) is 18.1 Å². The molecule has 1 aromatic heterocycles. The van der Waals surface area contributed by atoms with Crippen molar-refractivity contribution in [3.63, 3.8) is 0 Å². The number of likely N-dealkylation sites (tertiary alicyclic amines) is 1. The van der Waals surface area contributed by atoms with E-state index in [9.17, 15) is 14.7 Å². The average molecular weight is 266 g/mol. The van der Waals surface area contributed by atoms with Crippen LogP contribution in [-0.4, -0.2) is 50.7 Å². The first kappa shape index (κ1) is 13.6. The van der Waals surface area contributed by atoms with Crippen molar-refractivity contribution in [2.75, 3.05) is 13.1 Å². The maximum Gasteiger partial charge on any atom is 0.352 e. The summed E-state index contributed by atoms with van der Waals surface area (Å²) >= 11 is 0. The predicted molar refractivity (Wildman–Crippen MR) is 68.4 cm³/mol. The second-order valence-corrected chi connectivity index (χ2v) is 5.40. The van der Waals surface area contributed by atoms with Crippen LogP contribution in [0, 0.1) is 13.8 Å². The van der Waals surface area contributed by atoms with Crippen molar-refractivity contribution in [2.45, 2.75) is 32.8 Å². The number of aromatic nitrogens is 1. The van der Waals surface area contributed by atoms with Crippen LogP contribution in [0.5, 0.6) is 0 Å². The molecular formula is C13H18N2O4. The third-order valence-corrected chi connectivity index (χ3v) is 3.60. The number of carbonyl (C=O) groups is 2. The fraction of sp³-hybridized carbons (Fsp3) is 0.538. The first-order valence-corrected chi connectivity index (χ1v) is 6.17. The van der Waals surface area contributed by atoms with E-state index in [0.717, 1.165) is 0 Å². The number of nitrogens with one attached hydrogen (secondary N) is 1. The Balaban J connectivity index is 2.33. The quantitative estimate of drug-likeness (QED) is 0.742. The zero-order valence-corrected chi connectivity index (χ0v) is 11.3. The Morgan fingerprint density at radius 3 is 2.42 bits per heavy atom. The number of hydrogen-bond acceptors (Lipinski definition) is 3. The third-order valence-electron chi connectivity index (χ3n) is 3.60. The molecule has 6 heteroatoms. The molecule has 1 unspecified atom stereocenters. The smallest absolute Gasteiger partial charge is 0.352 e. The second kappa shape index (κ2) is 4.38. The number of aliphatic hydroxyl groups is 1. The monoisotopic (exact) mass is 266 g/mol. The molecule has 0 saturated carbocycles. The van der Waals surface area contributed by atoms with Gasteiger partial charge in [-0.15, -0.1) is 0 Å². The van der Waals surface area contributed by atoms with Crippen LogP contribution < -0.4 is 0 Å². The minimum atomic E-state index is -1.08. The number of β-amino-alcohol motifs (C(OH)–C–C–N with tert-alkyl or cyclic N) is 1. The molecule has 1 aliphatic rings. The number of aromatic amines is 1. The summed E-state index contributed by atoms with van der Waals surface area (Å²) in [6, 6.07) is 0. The number of aromatic carboxylic acids is 1. The molecule has 2 heterocycles. The van der Waals surface area contributed by atoms with E-state index < -0.39 is 11.6 Å². The van der Waals surface area contributed by atoms with E-state index in [0.29, 0.717) is 29.8 Å². The summed E-state index contributed by atoms with van der Waals surface area (Å²) in [5, 5.41) is 18.9. The number of carboxylic acid groups (broad SMARTS) is 1. The Hall–Kier alpha value is -1.82. The highest BCUT2D eigenvalue weighted by molar-refractivity contribution is 6.01. The lowest BCUT2D eigenvalue weighted by molar-refractivity contribution is 0.0571. The van der Waals surface area contributed by atoms with Crippen LogP contribution in [0.1, 0.15) is 45.4 Å². The van der Waals surface area contributed by atoms with Crippen molar-refractivity contribution in [3.8, 4) is 0 Å². The molecular weight excluding hydrogens is 248 g/mol. The maximum atomic E-state index is 12.4. The summed E-state index contributed by atoms with van der Waals surface area (Å²) in [6.07, 6.45) is 0.535. The van der Waals surface area contributed by atoms with Gasteiger partial charge in [0, 0.05) is 18.8 Å². The summed E-state index contributed by atoms with van der Waals surface area (Å²) in [6.45, 7) is 5.76. The van der Waals surface area contributed by atoms with Crippen molar-refractivity contribution >= 4 is 11.9 Å². The van der Waals surface area contributed by atoms with E-state index in [1.165, 1.54) is 0 Å². The van der Waals surface area contributed by atoms with Gasteiger partial charge >= 0.3 is 5.97 Å². The highest BCUT2D eigenvalue weighted by Crippen LogP contribution is 2.25. The lowest BCUT2D eigenvalue weighted by Gasteiger charge is -2.19. The van der Waals surface area contributed by atoms with Crippen LogP contribution in [0.25, 0.3) is 0 Å². The summed E-state index contributed by atoms with van der Waals surface area (Å²) in [5.74, 6) is -1.30. The van der Waals surface area contributed by atoms with Crippen LogP contribution >= 0.6 is 0 Å². The Morgan fingerprint density at radius 2 is 2.00 bits per heavy atom. The molecule has 0 aliphatic carbocycles. The molecule has 0 spiro atoms. The van der Waals surface area contributed by atoms with Gasteiger partial charge in [0.05, 0.1) is 11.2 Å². The summed E-state index contributed by atoms with van der Waals surface area (Å²) in [5.41, 5.74) is 0.582. The highest BCUT2D eigenvalue weighted by atomic mass is 16.4. The minimum Gasteiger partial charge on any atom is -0.477 e. The van der Waals surface area contributed by atoms with E-state index >= 15 is 0 Å². The third kappa shape index (κ3) is 2.35. The van der Waals surface area contributed by atoms with Crippen molar-refractivity contribution in [3.05, 3.63) is 22.5 Å². The van der Waals surface area contributed by atoms with Gasteiger partial charge in [-0.2, -0.15) is 0 Å². The lowest BCUT2D eigenvalue weighted by Crippen LogP contribution is -2.34. The molecule has 0 radical (unpaired) electrons. The van der Waals surface area contributed by atoms with Crippen LogP contribution in [0.4, 0.5) is 0 Å². The Bertz CT molecular complexity index is 545. The number of hydrogen-bond donors (Lipinski definition) is 3. The predicted octanol–water partition coefficient (Wildman–Crippen LogP) is 0.927. The molecule has 1 aliphatic heterocycles. The van der Waals surface area contributed by atoms with Crippen LogP contribution in [-0.2, 0) is 0 Å². The van der Waals surface area contributed by atoms with Crippen molar-refractivity contribution in [1.29, 1.82) is 0 Å². The van der Waals surface area contributed by atoms with Crippen LogP contribution in [0.2, 0.25) is 0 Å². The number of aryl methyl sites for hydroxylation is 1. The first-order valence-electron chi connectivity index (χ1n) is 6.17. The molecule has 1 amide bonds. The SMILES string of the molecule is Cc1[nH]c(C(=O)O)c(C)c1C(=O)N1CCC(C)(O)C1. The minimum absolute atomic E-state index is 0.0480. The number of amides is 1. The Morgan fingerprint density at radius 1 is 1.37 bits per heavy atom. The highest BCUT2D eigenvalue weighted by Gasteiger charge is 2.36. The van der Waals surface area contributed by atoms with Crippen molar-refractivity contribution in [1.82, 2.24) is 9.88 Å². The molecule has 0 bridgehead atoms. The fourth-order valence-electron chi connectivity index (χ4n) is 2.56. The Labute approximate surface area is 111 Å². The van der Waals surface area contributed by atoms with E-state index in [1.807, 2.05) is 0 Å². The normalized spacial score (nSPS) is 22.8. The molecule has 1 saturated heterocycles. The molecule has 0 aromatic carbocycles. The molecule has 6 nitrogen and oxygen atoms in total. The topological polar surface area (TPSA) is 93.6 Å². The number of carbonyl (C=O) groups excluding carboxylic acids is 1. The van der Waals surface area contributed by atoms with Gasteiger partial charge in [-0.05, 0) is 32.8 Å². The van der Waals surface area contributed by atoms with Gasteiger partial charge in [0.25, 0.3) is 5.91 Å². The zero-order chi connectivity index (χ0) is 14.4. The summed E-state index contributed by atoms with van der Waals surface area (Å²) < 4.78 is 0. The molecule has 3 N–H and O–H groups in total. The molecule has 1 aromatic rings. The number of nitrogens with zero attached hydrogens (tertiary/aromatic N) is 1. The molecule has 1 atom stereocenters. The van der Waals surface area contributed by atoms with E-state index in [2.05, 4.69) is 4.98 Å². The fourth-order valence-corrected chi connectivity index (χ4v) is 2.56. The van der Waals surface area contributed by atoms with Crippen molar-refractivity contribution < 1.29 is 19.8 Å². The standard InChI is InChI=1S/C13H18N2O4/c1-7-9(8(2)14-10(7)12(17)18)11(16)15-5-4-13(3,19)6-15/h14,19H,4-6H2,1-3H3,(H,17,18). The average Bonchev–Trinajstić information content (AvgIpc) is 2.79. The molecule has 104 valence electrons. The zero-order valence-electron chi connectivity index (χ0n) is 11.3. The molecule has 2 rings (SSSR count). The van der Waals surface area contributed by atoms with Crippen LogP contribution in [0.3, 0.4) is 0 Å². The molecule has 1 fully saturated rings. The van der Waals surface area contributed by atoms with E-state index in [4.69, 9.17) is 5.11 Å². The van der Waals surface area contributed by atoms with Crippen molar-refractivity contribution in [2.24, 2.45) is 0 Å². The van der Waals surface area contributed by atoms with Gasteiger partial charge in [0.1, 0.15) is 5.69 Å². The van der Waals surface area contributed by atoms with Gasteiger partial charge in [-0.3, -0.25) is 4.79 Å². The van der Waals surface area contributed by atoms with E-state index in [1.54, 1.807) is 25.7 Å². The van der Waals surface area contributed by atoms with Gasteiger partial charge in [-0.1, -0.05) is 0 Å². The van der Waals surface area contributed by atoms with Gasteiger partial charge in [0.2, 0.25) is 0 Å². The number of rotatable bonds is 2. The summed E-state index contributed by atoms with van der Waals surface area (Å²) in [4.78, 5) is 27.7. The summed E-state index contributed by atoms with van der Waals surface area (Å²) in [7, 11) is 0. The van der Waals surface area contributed by atoms with Crippen LogP contribution in [0.15, 0.2) is 0 Å². The van der Waals surface area contributed by atoms with Gasteiger partial charge in [0.15, 0.2) is 0 Å². The van der Waals surface area contributed by atoms with Gasteiger partial charge < -0.3 is 20.1 Å². The first-order chi connectivity index (χ1) is 8.73. The number of carboxylic acids is 1. The lowest BCUT2D eigenvalue weighted by atomic mass is 10.1.